The zero-order chi connectivity index (χ0) is 17.0. The Morgan fingerprint density at radius 2 is 2.00 bits per heavy atom. The van der Waals surface area contributed by atoms with Gasteiger partial charge in [0.15, 0.2) is 0 Å². The van der Waals surface area contributed by atoms with Crippen molar-refractivity contribution in [3.63, 3.8) is 0 Å². The molecule has 120 valence electrons. The maximum atomic E-state index is 12.2. The summed E-state index contributed by atoms with van der Waals surface area (Å²) in [4.78, 5) is 25.4. The number of benzene rings is 1. The summed E-state index contributed by atoms with van der Waals surface area (Å²) in [5, 5.41) is 9.63. The Balaban J connectivity index is 2.65. The molecule has 1 aromatic rings. The summed E-state index contributed by atoms with van der Waals surface area (Å²) >= 11 is 5.98. The van der Waals surface area contributed by atoms with Gasteiger partial charge in [0.05, 0.1) is 37.7 Å². The number of carbonyl (C=O) groups is 2. The number of methoxy groups -OCH3 is 2. The van der Waals surface area contributed by atoms with Crippen LogP contribution in [0.15, 0.2) is 29.5 Å². The van der Waals surface area contributed by atoms with Crippen molar-refractivity contribution in [1.82, 2.24) is 0 Å². The van der Waals surface area contributed by atoms with Gasteiger partial charge in [-0.2, -0.15) is 5.26 Å². The second kappa shape index (κ2) is 7.13. The second-order valence-corrected chi connectivity index (χ2v) is 4.93. The number of halogens is 1. The van der Waals surface area contributed by atoms with Gasteiger partial charge in [0, 0.05) is 5.02 Å². The third kappa shape index (κ3) is 3.28. The largest absolute Gasteiger partial charge is 0.466 e. The topological polar surface area (TPSA) is 88.9 Å². The molecule has 0 amide bonds. The van der Waals surface area contributed by atoms with Crippen molar-refractivity contribution in [1.29, 1.82) is 5.26 Å². The van der Waals surface area contributed by atoms with E-state index in [1.807, 2.05) is 6.07 Å². The molecule has 1 aromatic carbocycles. The van der Waals surface area contributed by atoms with Crippen LogP contribution in [0, 0.1) is 11.3 Å². The van der Waals surface area contributed by atoms with Crippen LogP contribution in [0.2, 0.25) is 5.02 Å². The molecule has 7 nitrogen and oxygen atoms in total. The second-order valence-electron chi connectivity index (χ2n) is 4.49. The molecule has 0 saturated carbocycles. The predicted molar refractivity (Wildman–Crippen MR) is 80.5 cm³/mol. The van der Waals surface area contributed by atoms with Crippen LogP contribution >= 0.6 is 11.6 Å². The Hall–Kier alpha value is -2.56. The van der Waals surface area contributed by atoms with E-state index in [4.69, 9.17) is 21.1 Å². The molecule has 1 aliphatic heterocycles. The Labute approximate surface area is 137 Å². The molecule has 1 heterocycles. The van der Waals surface area contributed by atoms with E-state index < -0.39 is 11.9 Å². The fourth-order valence-electron chi connectivity index (χ4n) is 2.16. The van der Waals surface area contributed by atoms with Crippen LogP contribution in [-0.4, -0.2) is 39.5 Å². The predicted octanol–water partition coefficient (Wildman–Crippen LogP) is 1.61. The summed E-state index contributed by atoms with van der Waals surface area (Å²) in [5.74, 6) is -1.45. The van der Waals surface area contributed by atoms with Gasteiger partial charge in [-0.05, 0) is 18.2 Å². The van der Waals surface area contributed by atoms with Gasteiger partial charge in [0.1, 0.15) is 18.5 Å². The van der Waals surface area contributed by atoms with Crippen LogP contribution in [0.5, 0.6) is 0 Å². The summed E-state index contributed by atoms with van der Waals surface area (Å²) in [6.07, 6.45) is 0. The van der Waals surface area contributed by atoms with Gasteiger partial charge in [0.25, 0.3) is 0 Å². The molecule has 0 saturated heterocycles. The van der Waals surface area contributed by atoms with Gasteiger partial charge >= 0.3 is 11.9 Å². The molecule has 23 heavy (non-hydrogen) atoms. The molecule has 2 rings (SSSR count). The van der Waals surface area contributed by atoms with Crippen LogP contribution in [0.1, 0.15) is 5.56 Å². The van der Waals surface area contributed by atoms with Crippen LogP contribution < -0.4 is 4.90 Å². The van der Waals surface area contributed by atoms with E-state index in [2.05, 4.69) is 4.74 Å². The van der Waals surface area contributed by atoms with Crippen molar-refractivity contribution >= 4 is 29.2 Å². The van der Waals surface area contributed by atoms with Gasteiger partial charge in [-0.1, -0.05) is 11.6 Å². The third-order valence-electron chi connectivity index (χ3n) is 3.20. The van der Waals surface area contributed by atoms with Gasteiger partial charge < -0.3 is 19.1 Å². The minimum atomic E-state index is -0.738. The molecule has 0 spiro atoms. The summed E-state index contributed by atoms with van der Waals surface area (Å²) in [5.41, 5.74) is 0.575. The molecule has 0 atom stereocenters. The third-order valence-corrected chi connectivity index (χ3v) is 3.44. The van der Waals surface area contributed by atoms with Crippen molar-refractivity contribution in [2.75, 3.05) is 32.5 Å². The van der Waals surface area contributed by atoms with E-state index in [-0.39, 0.29) is 30.2 Å². The minimum absolute atomic E-state index is 0.00876. The molecule has 1 aliphatic rings. The Morgan fingerprint density at radius 1 is 1.30 bits per heavy atom. The van der Waals surface area contributed by atoms with Gasteiger partial charge in [-0.15, -0.1) is 0 Å². The SMILES string of the molecule is COC(=O)C1=C(C(=O)OC)N(c2cc(Cl)ccc2C#N)COC1. The average Bonchev–Trinajstić information content (AvgIpc) is 2.59. The zero-order valence-corrected chi connectivity index (χ0v) is 13.2. The summed E-state index contributed by atoms with van der Waals surface area (Å²) < 4.78 is 14.8. The molecular formula is C15H13ClN2O5. The lowest BCUT2D eigenvalue weighted by Crippen LogP contribution is -2.39. The number of anilines is 1. The van der Waals surface area contributed by atoms with Crippen LogP contribution in [0.3, 0.4) is 0 Å². The number of nitriles is 1. The lowest BCUT2D eigenvalue weighted by atomic mass is 10.1. The molecule has 0 fully saturated rings. The first-order chi connectivity index (χ1) is 11.0. The maximum Gasteiger partial charge on any atom is 0.355 e. The number of carbonyl (C=O) groups excluding carboxylic acids is 2. The highest BCUT2D eigenvalue weighted by Crippen LogP contribution is 2.31. The van der Waals surface area contributed by atoms with E-state index >= 15 is 0 Å². The van der Waals surface area contributed by atoms with E-state index in [1.165, 1.54) is 31.3 Å². The number of hydrogen-bond acceptors (Lipinski definition) is 7. The molecule has 0 bridgehead atoms. The van der Waals surface area contributed by atoms with Gasteiger partial charge in [0.2, 0.25) is 0 Å². The monoisotopic (exact) mass is 336 g/mol. The molecule has 0 aliphatic carbocycles. The molecule has 0 radical (unpaired) electrons. The Kier molecular flexibility index (Phi) is 5.21. The van der Waals surface area contributed by atoms with Crippen LogP contribution in [-0.2, 0) is 23.8 Å². The number of esters is 2. The molecule has 0 aromatic heterocycles. The van der Waals surface area contributed by atoms with Crippen molar-refractivity contribution in [2.45, 2.75) is 0 Å². The smallest absolute Gasteiger partial charge is 0.355 e. The van der Waals surface area contributed by atoms with Gasteiger partial charge in [-0.25, -0.2) is 9.59 Å². The summed E-state index contributed by atoms with van der Waals surface area (Å²) in [7, 11) is 2.39. The fourth-order valence-corrected chi connectivity index (χ4v) is 2.32. The number of rotatable bonds is 3. The zero-order valence-electron chi connectivity index (χ0n) is 12.5. The van der Waals surface area contributed by atoms with Crippen molar-refractivity contribution in [3.8, 4) is 6.07 Å². The highest BCUT2D eigenvalue weighted by atomic mass is 35.5. The van der Waals surface area contributed by atoms with Crippen molar-refractivity contribution in [2.24, 2.45) is 0 Å². The minimum Gasteiger partial charge on any atom is -0.466 e. The van der Waals surface area contributed by atoms with Crippen LogP contribution in [0.25, 0.3) is 0 Å². The average molecular weight is 337 g/mol. The first-order valence-corrected chi connectivity index (χ1v) is 6.86. The first-order valence-electron chi connectivity index (χ1n) is 6.48. The molecule has 8 heteroatoms. The maximum absolute atomic E-state index is 12.2. The first kappa shape index (κ1) is 16.8. The lowest BCUT2D eigenvalue weighted by molar-refractivity contribution is -0.140. The van der Waals surface area contributed by atoms with Crippen LogP contribution in [0.4, 0.5) is 5.69 Å². The van der Waals surface area contributed by atoms with Crippen molar-refractivity contribution in [3.05, 3.63) is 40.1 Å². The van der Waals surface area contributed by atoms with E-state index in [0.29, 0.717) is 10.7 Å². The van der Waals surface area contributed by atoms with Gasteiger partial charge in [-0.3, -0.25) is 0 Å². The van der Waals surface area contributed by atoms with E-state index in [1.54, 1.807) is 6.07 Å². The Morgan fingerprint density at radius 3 is 2.61 bits per heavy atom. The molecule has 0 N–H and O–H groups in total. The lowest BCUT2D eigenvalue weighted by Gasteiger charge is -2.31. The normalized spacial score (nSPS) is 14.3. The number of hydrogen-bond donors (Lipinski definition) is 0. The fraction of sp³-hybridized carbons (Fsp3) is 0.267. The van der Waals surface area contributed by atoms with Crippen molar-refractivity contribution < 1.29 is 23.8 Å². The Bertz CT molecular complexity index is 723. The summed E-state index contributed by atoms with van der Waals surface area (Å²) in [6.45, 7) is -0.143. The standard InChI is InChI=1S/C15H13ClN2O5/c1-21-14(19)11-7-23-8-18(13(11)15(20)22-2)12-5-10(16)4-3-9(12)6-17/h3-5H,7-8H2,1-2H3. The molecular weight excluding hydrogens is 324 g/mol. The van der Waals surface area contributed by atoms with E-state index in [9.17, 15) is 14.9 Å². The highest BCUT2D eigenvalue weighted by Gasteiger charge is 2.33. The number of nitrogens with zero attached hydrogens (tertiary/aromatic N) is 2. The van der Waals surface area contributed by atoms with E-state index in [0.717, 1.165) is 0 Å². The summed E-state index contributed by atoms with van der Waals surface area (Å²) in [6, 6.07) is 6.58. The quantitative estimate of drug-likeness (QED) is 0.774. The molecule has 0 unspecified atom stereocenters. The number of ether oxygens (including phenoxy) is 3. The highest BCUT2D eigenvalue weighted by molar-refractivity contribution is 6.31.